The van der Waals surface area contributed by atoms with Crippen LogP contribution in [-0.2, 0) is 9.13 Å². The van der Waals surface area contributed by atoms with Crippen LogP contribution in [0.2, 0.25) is 0 Å². The standard InChI is InChI=1S/C6H14O6P2/c7-13(8,9)5-3-1-2-4-6(5)14(10,11)12/h5-6H,1-4H2,(H2,7,8,9)(H2,10,11,12). The van der Waals surface area contributed by atoms with Crippen molar-refractivity contribution in [1.82, 2.24) is 0 Å². The van der Waals surface area contributed by atoms with E-state index in [2.05, 4.69) is 0 Å². The van der Waals surface area contributed by atoms with E-state index in [9.17, 15) is 9.13 Å². The lowest BCUT2D eigenvalue weighted by molar-refractivity contribution is 0.306. The van der Waals surface area contributed by atoms with Gasteiger partial charge in [-0.2, -0.15) is 0 Å². The molecular formula is C6H14O6P2. The van der Waals surface area contributed by atoms with Crippen molar-refractivity contribution in [2.45, 2.75) is 37.0 Å². The normalized spacial score (nSPS) is 30.3. The van der Waals surface area contributed by atoms with Gasteiger partial charge in [0.25, 0.3) is 0 Å². The summed E-state index contributed by atoms with van der Waals surface area (Å²) in [5, 5.41) is 0. The van der Waals surface area contributed by atoms with Crippen molar-refractivity contribution < 1.29 is 28.7 Å². The zero-order chi connectivity index (χ0) is 11.0. The Morgan fingerprint density at radius 1 is 0.786 bits per heavy atom. The molecule has 8 heteroatoms. The average Bonchev–Trinajstić information content (AvgIpc) is 2.01. The molecule has 0 radical (unpaired) electrons. The fourth-order valence-corrected chi connectivity index (χ4v) is 5.15. The quantitative estimate of drug-likeness (QED) is 0.530. The van der Waals surface area contributed by atoms with E-state index in [4.69, 9.17) is 19.6 Å². The van der Waals surface area contributed by atoms with Crippen molar-refractivity contribution in [3.63, 3.8) is 0 Å². The summed E-state index contributed by atoms with van der Waals surface area (Å²) in [6, 6.07) is 0. The van der Waals surface area contributed by atoms with Gasteiger partial charge in [0.05, 0.1) is 11.3 Å². The molecule has 84 valence electrons. The maximum absolute atomic E-state index is 11.0. The first-order chi connectivity index (χ1) is 6.23. The molecule has 0 bridgehead atoms. The second-order valence-electron chi connectivity index (χ2n) is 3.60. The molecular weight excluding hydrogens is 230 g/mol. The van der Waals surface area contributed by atoms with Crippen LogP contribution in [0.5, 0.6) is 0 Å². The van der Waals surface area contributed by atoms with E-state index in [-0.39, 0.29) is 12.8 Å². The maximum Gasteiger partial charge on any atom is 0.329 e. The summed E-state index contributed by atoms with van der Waals surface area (Å²) in [7, 11) is -8.77. The smallest absolute Gasteiger partial charge is 0.324 e. The minimum atomic E-state index is -4.39. The van der Waals surface area contributed by atoms with Gasteiger partial charge < -0.3 is 19.6 Å². The molecule has 1 aliphatic rings. The molecule has 0 spiro atoms. The van der Waals surface area contributed by atoms with E-state index in [0.29, 0.717) is 12.8 Å². The first kappa shape index (κ1) is 12.4. The molecule has 0 aromatic rings. The van der Waals surface area contributed by atoms with Crippen molar-refractivity contribution in [3.05, 3.63) is 0 Å². The molecule has 1 aliphatic carbocycles. The highest BCUT2D eigenvalue weighted by Crippen LogP contribution is 2.58. The van der Waals surface area contributed by atoms with Gasteiger partial charge in [-0.3, -0.25) is 9.13 Å². The van der Waals surface area contributed by atoms with Crippen molar-refractivity contribution in [1.29, 1.82) is 0 Å². The van der Waals surface area contributed by atoms with Crippen LogP contribution in [0.3, 0.4) is 0 Å². The van der Waals surface area contributed by atoms with Crippen LogP contribution in [0.25, 0.3) is 0 Å². The van der Waals surface area contributed by atoms with E-state index in [1.807, 2.05) is 0 Å². The third-order valence-electron chi connectivity index (χ3n) is 2.56. The first-order valence-corrected chi connectivity index (χ1v) is 7.69. The Hall–Kier alpha value is 0.300. The van der Waals surface area contributed by atoms with Gasteiger partial charge in [-0.25, -0.2) is 0 Å². The summed E-state index contributed by atoms with van der Waals surface area (Å²) in [4.78, 5) is 35.8. The zero-order valence-electron chi connectivity index (χ0n) is 7.48. The van der Waals surface area contributed by atoms with Crippen molar-refractivity contribution in [2.75, 3.05) is 0 Å². The summed E-state index contributed by atoms with van der Waals surface area (Å²) in [6.45, 7) is 0. The molecule has 2 unspecified atom stereocenters. The molecule has 14 heavy (non-hydrogen) atoms. The van der Waals surface area contributed by atoms with Gasteiger partial charge in [-0.05, 0) is 12.8 Å². The van der Waals surface area contributed by atoms with Gasteiger partial charge in [0.1, 0.15) is 0 Å². The molecule has 0 aromatic heterocycles. The predicted molar refractivity (Wildman–Crippen MR) is 50.1 cm³/mol. The summed E-state index contributed by atoms with van der Waals surface area (Å²) < 4.78 is 22.0. The van der Waals surface area contributed by atoms with E-state index in [0.717, 1.165) is 0 Å². The van der Waals surface area contributed by atoms with Crippen LogP contribution in [0, 0.1) is 0 Å². The highest BCUT2D eigenvalue weighted by molar-refractivity contribution is 7.57. The Morgan fingerprint density at radius 3 is 1.29 bits per heavy atom. The lowest BCUT2D eigenvalue weighted by atomic mass is 10.00. The minimum Gasteiger partial charge on any atom is -0.324 e. The van der Waals surface area contributed by atoms with Crippen LogP contribution in [0.4, 0.5) is 0 Å². The van der Waals surface area contributed by atoms with Gasteiger partial charge >= 0.3 is 15.2 Å². The van der Waals surface area contributed by atoms with E-state index in [1.54, 1.807) is 0 Å². The number of rotatable bonds is 2. The minimum absolute atomic E-state index is 0.194. The Balaban J connectivity index is 2.91. The Morgan fingerprint density at radius 2 is 1.07 bits per heavy atom. The van der Waals surface area contributed by atoms with E-state index in [1.165, 1.54) is 0 Å². The third-order valence-corrected chi connectivity index (χ3v) is 5.76. The topological polar surface area (TPSA) is 115 Å². The van der Waals surface area contributed by atoms with E-state index < -0.39 is 26.5 Å². The molecule has 0 aromatic carbocycles. The Bertz CT molecular complexity index is 261. The Kier molecular flexibility index (Phi) is 3.58. The lowest BCUT2D eigenvalue weighted by Crippen LogP contribution is -2.29. The van der Waals surface area contributed by atoms with Gasteiger partial charge in [-0.15, -0.1) is 0 Å². The molecule has 1 rings (SSSR count). The highest BCUT2D eigenvalue weighted by Gasteiger charge is 2.46. The predicted octanol–water partition coefficient (Wildman–Crippen LogP) is 0.653. The first-order valence-electron chi connectivity index (χ1n) is 4.33. The fraction of sp³-hybridized carbons (Fsp3) is 1.00. The van der Waals surface area contributed by atoms with Gasteiger partial charge in [0.15, 0.2) is 0 Å². The van der Waals surface area contributed by atoms with Gasteiger partial charge in [0, 0.05) is 0 Å². The molecule has 1 fully saturated rings. The Labute approximate surface area is 81.7 Å². The SMILES string of the molecule is O=P(O)(O)C1CCCCC1P(=O)(O)O. The van der Waals surface area contributed by atoms with Gasteiger partial charge in [0.2, 0.25) is 0 Å². The molecule has 6 nitrogen and oxygen atoms in total. The molecule has 0 saturated heterocycles. The molecule has 0 amide bonds. The van der Waals surface area contributed by atoms with Crippen molar-refractivity contribution in [3.8, 4) is 0 Å². The van der Waals surface area contributed by atoms with Crippen molar-refractivity contribution >= 4 is 15.2 Å². The van der Waals surface area contributed by atoms with Crippen LogP contribution in [0.15, 0.2) is 0 Å². The molecule has 2 atom stereocenters. The van der Waals surface area contributed by atoms with Crippen LogP contribution < -0.4 is 0 Å². The largest absolute Gasteiger partial charge is 0.329 e. The second-order valence-corrected chi connectivity index (χ2v) is 7.28. The summed E-state index contributed by atoms with van der Waals surface area (Å²) in [6.07, 6.45) is 1.62. The molecule has 4 N–H and O–H groups in total. The van der Waals surface area contributed by atoms with E-state index >= 15 is 0 Å². The fourth-order valence-electron chi connectivity index (χ4n) is 1.88. The lowest BCUT2D eigenvalue weighted by Gasteiger charge is -2.31. The molecule has 0 aliphatic heterocycles. The number of hydrogen-bond donors (Lipinski definition) is 4. The summed E-state index contributed by atoms with van der Waals surface area (Å²) in [5.74, 6) is 0. The summed E-state index contributed by atoms with van der Waals surface area (Å²) >= 11 is 0. The monoisotopic (exact) mass is 244 g/mol. The second kappa shape index (κ2) is 4.05. The zero-order valence-corrected chi connectivity index (χ0v) is 9.27. The van der Waals surface area contributed by atoms with Crippen LogP contribution in [0.1, 0.15) is 25.7 Å². The average molecular weight is 244 g/mol. The summed E-state index contributed by atoms with van der Waals surface area (Å²) in [5.41, 5.74) is -2.34. The maximum atomic E-state index is 11.0. The van der Waals surface area contributed by atoms with Crippen LogP contribution >= 0.6 is 15.2 Å². The third kappa shape index (κ3) is 2.89. The van der Waals surface area contributed by atoms with Crippen LogP contribution in [-0.4, -0.2) is 30.9 Å². The number of hydrogen-bond acceptors (Lipinski definition) is 2. The highest BCUT2D eigenvalue weighted by atomic mass is 31.2. The van der Waals surface area contributed by atoms with Gasteiger partial charge in [-0.1, -0.05) is 12.8 Å². The molecule has 0 heterocycles. The van der Waals surface area contributed by atoms with Crippen molar-refractivity contribution in [2.24, 2.45) is 0 Å². The molecule has 1 saturated carbocycles.